The minimum absolute atomic E-state index is 0.0320. The van der Waals surface area contributed by atoms with Gasteiger partial charge in [-0.1, -0.05) is 0 Å². The van der Waals surface area contributed by atoms with E-state index in [4.69, 9.17) is 5.11 Å². The van der Waals surface area contributed by atoms with Crippen LogP contribution in [0.3, 0.4) is 0 Å². The molecule has 16 heavy (non-hydrogen) atoms. The highest BCUT2D eigenvalue weighted by molar-refractivity contribution is 7.86. The van der Waals surface area contributed by atoms with E-state index in [-0.39, 0.29) is 13.1 Å². The van der Waals surface area contributed by atoms with Crippen molar-refractivity contribution in [3.8, 4) is 0 Å². The molecule has 0 saturated carbocycles. The predicted octanol–water partition coefficient (Wildman–Crippen LogP) is -0.0221. The number of carboxylic acids is 1. The zero-order valence-electron chi connectivity index (χ0n) is 9.97. The Labute approximate surface area is 96.0 Å². The van der Waals surface area contributed by atoms with Crippen LogP contribution in [0.25, 0.3) is 0 Å². The number of rotatable bonds is 1. The molecular weight excluding hydrogens is 232 g/mol. The molecule has 94 valence electrons. The molecule has 1 rings (SSSR count). The lowest BCUT2D eigenvalue weighted by Gasteiger charge is -2.42. The van der Waals surface area contributed by atoms with E-state index in [0.29, 0.717) is 0 Å². The second-order valence-electron chi connectivity index (χ2n) is 5.03. The van der Waals surface area contributed by atoms with Gasteiger partial charge < -0.3 is 5.11 Å². The Morgan fingerprint density at radius 3 is 2.19 bits per heavy atom. The summed E-state index contributed by atoms with van der Waals surface area (Å²) < 4.78 is 26.3. The molecule has 0 radical (unpaired) electrons. The van der Waals surface area contributed by atoms with Crippen LogP contribution in [0.1, 0.15) is 20.8 Å². The molecule has 0 aromatic heterocycles. The zero-order valence-corrected chi connectivity index (χ0v) is 10.8. The van der Waals surface area contributed by atoms with Crippen molar-refractivity contribution in [2.24, 2.45) is 5.92 Å². The normalized spacial score (nSPS) is 27.9. The van der Waals surface area contributed by atoms with Gasteiger partial charge in [0.05, 0.1) is 5.92 Å². The molecule has 0 aromatic rings. The molecule has 0 aromatic carbocycles. The van der Waals surface area contributed by atoms with E-state index in [0.717, 1.165) is 4.31 Å². The van der Waals surface area contributed by atoms with Gasteiger partial charge in [0.15, 0.2) is 0 Å². The molecule has 1 fully saturated rings. The predicted molar refractivity (Wildman–Crippen MR) is 59.1 cm³/mol. The van der Waals surface area contributed by atoms with E-state index in [1.54, 1.807) is 20.8 Å². The van der Waals surface area contributed by atoms with E-state index in [1.807, 2.05) is 0 Å². The first kappa shape index (κ1) is 13.4. The van der Waals surface area contributed by atoms with Crippen molar-refractivity contribution >= 4 is 16.2 Å². The summed E-state index contributed by atoms with van der Waals surface area (Å²) in [4.78, 5) is 10.9. The molecule has 1 N–H and O–H groups in total. The molecule has 1 heterocycles. The Morgan fingerprint density at radius 1 is 1.31 bits per heavy atom. The smallest absolute Gasteiger partial charge is 0.309 e. The van der Waals surface area contributed by atoms with Gasteiger partial charge in [-0.05, 0) is 20.8 Å². The Kier molecular flexibility index (Phi) is 3.33. The van der Waals surface area contributed by atoms with Gasteiger partial charge in [0.1, 0.15) is 0 Å². The maximum absolute atomic E-state index is 12.0. The van der Waals surface area contributed by atoms with Crippen LogP contribution >= 0.6 is 0 Å². The van der Waals surface area contributed by atoms with Crippen LogP contribution in [0.2, 0.25) is 0 Å². The Balaban J connectivity index is 3.08. The fourth-order valence-electron chi connectivity index (χ4n) is 1.70. The first-order chi connectivity index (χ1) is 7.06. The fraction of sp³-hybridized carbons (Fsp3) is 0.889. The lowest BCUT2D eigenvalue weighted by molar-refractivity contribution is -0.142. The summed E-state index contributed by atoms with van der Waals surface area (Å²) in [6.07, 6.45) is 0. The third kappa shape index (κ3) is 2.36. The zero-order chi connectivity index (χ0) is 12.7. The van der Waals surface area contributed by atoms with Crippen LogP contribution in [0.4, 0.5) is 0 Å². The van der Waals surface area contributed by atoms with Crippen LogP contribution in [0, 0.1) is 5.92 Å². The van der Waals surface area contributed by atoms with Crippen molar-refractivity contribution in [3.05, 3.63) is 0 Å². The van der Waals surface area contributed by atoms with E-state index >= 15 is 0 Å². The molecule has 0 aliphatic carbocycles. The van der Waals surface area contributed by atoms with Crippen LogP contribution in [-0.2, 0) is 15.0 Å². The van der Waals surface area contributed by atoms with E-state index in [9.17, 15) is 13.2 Å². The van der Waals surface area contributed by atoms with Crippen LogP contribution in [-0.4, -0.2) is 53.8 Å². The second kappa shape index (κ2) is 3.97. The molecule has 0 bridgehead atoms. The van der Waals surface area contributed by atoms with Gasteiger partial charge in [0.2, 0.25) is 0 Å². The molecule has 1 atom stereocenters. The Bertz CT molecular complexity index is 385. The lowest BCUT2D eigenvalue weighted by Crippen LogP contribution is -2.59. The van der Waals surface area contributed by atoms with Crippen LogP contribution < -0.4 is 0 Å². The number of aliphatic carboxylic acids is 1. The fourth-order valence-corrected chi connectivity index (χ4v) is 3.47. The summed E-state index contributed by atoms with van der Waals surface area (Å²) in [6, 6.07) is 0. The van der Waals surface area contributed by atoms with Crippen molar-refractivity contribution in [3.63, 3.8) is 0 Å². The van der Waals surface area contributed by atoms with Gasteiger partial charge in [-0.3, -0.25) is 4.79 Å². The first-order valence-electron chi connectivity index (χ1n) is 5.03. The maximum Gasteiger partial charge on any atom is 0.309 e. The van der Waals surface area contributed by atoms with Gasteiger partial charge in [-0.25, -0.2) is 0 Å². The van der Waals surface area contributed by atoms with Gasteiger partial charge in [-0.15, -0.1) is 0 Å². The molecule has 6 nitrogen and oxygen atoms in total. The summed E-state index contributed by atoms with van der Waals surface area (Å²) in [7, 11) is -2.12. The largest absolute Gasteiger partial charge is 0.481 e. The summed E-state index contributed by atoms with van der Waals surface area (Å²) >= 11 is 0. The molecule has 7 heteroatoms. The SMILES string of the molecule is CN1CC(C(=O)O)CN(C(C)(C)C)S1(=O)=O. The number of carboxylic acid groups (broad SMARTS) is 1. The number of carbonyl (C=O) groups is 1. The molecule has 0 spiro atoms. The topological polar surface area (TPSA) is 77.9 Å². The molecule has 1 unspecified atom stereocenters. The summed E-state index contributed by atoms with van der Waals surface area (Å²) in [6.45, 7) is 5.32. The van der Waals surface area contributed by atoms with Crippen molar-refractivity contribution in [1.29, 1.82) is 0 Å². The van der Waals surface area contributed by atoms with E-state index in [1.165, 1.54) is 11.4 Å². The molecular formula is C9H18N2O4S. The minimum Gasteiger partial charge on any atom is -0.481 e. The van der Waals surface area contributed by atoms with Gasteiger partial charge >= 0.3 is 5.97 Å². The molecule has 1 saturated heterocycles. The summed E-state index contributed by atoms with van der Waals surface area (Å²) in [5, 5.41) is 8.96. The van der Waals surface area contributed by atoms with Crippen molar-refractivity contribution < 1.29 is 18.3 Å². The standard InChI is InChI=1S/C9H18N2O4S/c1-9(2,3)11-6-7(8(12)13)5-10(4)16(11,14)15/h7H,5-6H2,1-4H3,(H,12,13). The molecule has 0 amide bonds. The monoisotopic (exact) mass is 250 g/mol. The van der Waals surface area contributed by atoms with Crippen LogP contribution in [0.15, 0.2) is 0 Å². The third-order valence-corrected chi connectivity index (χ3v) is 4.82. The Hall–Kier alpha value is -0.660. The van der Waals surface area contributed by atoms with Crippen molar-refractivity contribution in [2.45, 2.75) is 26.3 Å². The van der Waals surface area contributed by atoms with Crippen molar-refractivity contribution in [2.75, 3.05) is 20.1 Å². The average Bonchev–Trinajstić information content (AvgIpc) is 2.06. The highest BCUT2D eigenvalue weighted by atomic mass is 32.2. The second-order valence-corrected chi connectivity index (χ2v) is 6.99. The van der Waals surface area contributed by atoms with E-state index in [2.05, 4.69) is 0 Å². The quantitative estimate of drug-likeness (QED) is 0.709. The molecule has 1 aliphatic rings. The van der Waals surface area contributed by atoms with Gasteiger partial charge in [-0.2, -0.15) is 17.0 Å². The van der Waals surface area contributed by atoms with Gasteiger partial charge in [0.25, 0.3) is 10.2 Å². The molecule has 1 aliphatic heterocycles. The lowest BCUT2D eigenvalue weighted by atomic mass is 10.1. The third-order valence-electron chi connectivity index (χ3n) is 2.63. The minimum atomic E-state index is -3.52. The summed E-state index contributed by atoms with van der Waals surface area (Å²) in [5.41, 5.74) is -0.610. The van der Waals surface area contributed by atoms with Crippen LogP contribution in [0.5, 0.6) is 0 Å². The Morgan fingerprint density at radius 2 is 1.81 bits per heavy atom. The van der Waals surface area contributed by atoms with Crippen molar-refractivity contribution in [1.82, 2.24) is 8.61 Å². The number of hydrogen-bond donors (Lipinski definition) is 1. The number of nitrogens with zero attached hydrogens (tertiary/aromatic N) is 2. The maximum atomic E-state index is 12.0. The highest BCUT2D eigenvalue weighted by Gasteiger charge is 2.43. The first-order valence-corrected chi connectivity index (χ1v) is 6.43. The average molecular weight is 250 g/mol. The van der Waals surface area contributed by atoms with E-state index < -0.39 is 27.6 Å². The van der Waals surface area contributed by atoms with Gasteiger partial charge in [0, 0.05) is 25.7 Å². The highest BCUT2D eigenvalue weighted by Crippen LogP contribution is 2.26. The summed E-state index contributed by atoms with van der Waals surface area (Å²) in [5.74, 6) is -1.64. The number of hydrogen-bond acceptors (Lipinski definition) is 3.